The molecule has 6 heteroatoms. The SMILES string of the molecule is CCOC(=O)C1(C)CCC(Oc2ccc(-c3ccc(C=O)c(F)c3)cn2)CC1. The first-order chi connectivity index (χ1) is 13.4. The van der Waals surface area contributed by atoms with Gasteiger partial charge in [0.25, 0.3) is 0 Å². The molecule has 1 aromatic heterocycles. The summed E-state index contributed by atoms with van der Waals surface area (Å²) in [4.78, 5) is 27.1. The highest BCUT2D eigenvalue weighted by Gasteiger charge is 2.39. The Bertz CT molecular complexity index is 842. The zero-order valence-corrected chi connectivity index (χ0v) is 16.1. The number of nitrogens with zero attached hydrogens (tertiary/aromatic N) is 1. The minimum absolute atomic E-state index is 0.00479. The van der Waals surface area contributed by atoms with Gasteiger partial charge in [-0.1, -0.05) is 6.07 Å². The van der Waals surface area contributed by atoms with Gasteiger partial charge < -0.3 is 9.47 Å². The van der Waals surface area contributed by atoms with Gasteiger partial charge in [0.1, 0.15) is 11.9 Å². The van der Waals surface area contributed by atoms with Crippen LogP contribution >= 0.6 is 0 Å². The van der Waals surface area contributed by atoms with Crippen molar-refractivity contribution < 1.29 is 23.5 Å². The third-order valence-corrected chi connectivity index (χ3v) is 5.29. The monoisotopic (exact) mass is 385 g/mol. The highest BCUT2D eigenvalue weighted by atomic mass is 19.1. The van der Waals surface area contributed by atoms with E-state index >= 15 is 0 Å². The summed E-state index contributed by atoms with van der Waals surface area (Å²) in [6, 6.07) is 8.01. The fraction of sp³-hybridized carbons (Fsp3) is 0.409. The number of hydrogen-bond acceptors (Lipinski definition) is 5. The molecule has 1 aliphatic carbocycles. The molecule has 1 heterocycles. The third-order valence-electron chi connectivity index (χ3n) is 5.29. The first-order valence-corrected chi connectivity index (χ1v) is 9.50. The predicted octanol–water partition coefficient (Wildman–Crippen LogP) is 4.59. The van der Waals surface area contributed by atoms with E-state index in [1.165, 1.54) is 12.1 Å². The van der Waals surface area contributed by atoms with Crippen LogP contribution < -0.4 is 4.74 Å². The van der Waals surface area contributed by atoms with Gasteiger partial charge in [-0.05, 0) is 63.3 Å². The van der Waals surface area contributed by atoms with Gasteiger partial charge in [-0.2, -0.15) is 0 Å². The summed E-state index contributed by atoms with van der Waals surface area (Å²) in [6.07, 6.45) is 5.08. The van der Waals surface area contributed by atoms with E-state index in [-0.39, 0.29) is 17.6 Å². The lowest BCUT2D eigenvalue weighted by molar-refractivity contribution is -0.157. The van der Waals surface area contributed by atoms with Crippen LogP contribution in [-0.4, -0.2) is 30.0 Å². The summed E-state index contributed by atoms with van der Waals surface area (Å²) in [5, 5.41) is 0. The molecule has 0 aliphatic heterocycles. The lowest BCUT2D eigenvalue weighted by Gasteiger charge is -2.35. The number of benzene rings is 1. The molecular weight excluding hydrogens is 361 g/mol. The highest BCUT2D eigenvalue weighted by Crippen LogP contribution is 2.38. The number of halogens is 1. The van der Waals surface area contributed by atoms with Crippen molar-refractivity contribution in [1.29, 1.82) is 0 Å². The van der Waals surface area contributed by atoms with Gasteiger partial charge in [0.05, 0.1) is 17.6 Å². The first-order valence-electron chi connectivity index (χ1n) is 9.50. The van der Waals surface area contributed by atoms with E-state index < -0.39 is 11.2 Å². The maximum atomic E-state index is 13.8. The van der Waals surface area contributed by atoms with Crippen LogP contribution in [0.3, 0.4) is 0 Å². The van der Waals surface area contributed by atoms with Gasteiger partial charge in [0, 0.05) is 17.8 Å². The second-order valence-corrected chi connectivity index (χ2v) is 7.34. The largest absolute Gasteiger partial charge is 0.474 e. The smallest absolute Gasteiger partial charge is 0.311 e. The van der Waals surface area contributed by atoms with Crippen LogP contribution in [-0.2, 0) is 9.53 Å². The van der Waals surface area contributed by atoms with Gasteiger partial charge in [0.2, 0.25) is 5.88 Å². The molecule has 1 fully saturated rings. The Morgan fingerprint density at radius 1 is 1.25 bits per heavy atom. The molecule has 1 aliphatic rings. The van der Waals surface area contributed by atoms with E-state index in [1.54, 1.807) is 18.3 Å². The molecule has 0 radical (unpaired) electrons. The molecule has 148 valence electrons. The molecule has 2 aromatic rings. The van der Waals surface area contributed by atoms with Gasteiger partial charge in [-0.15, -0.1) is 0 Å². The van der Waals surface area contributed by atoms with Crippen molar-refractivity contribution in [3.8, 4) is 17.0 Å². The second kappa shape index (κ2) is 8.50. The zero-order chi connectivity index (χ0) is 20.1. The van der Waals surface area contributed by atoms with Crippen LogP contribution in [0.1, 0.15) is 49.9 Å². The van der Waals surface area contributed by atoms with E-state index in [0.29, 0.717) is 24.3 Å². The highest BCUT2D eigenvalue weighted by molar-refractivity contribution is 5.77. The number of rotatable bonds is 6. The van der Waals surface area contributed by atoms with Crippen LogP contribution in [0.2, 0.25) is 0 Å². The lowest BCUT2D eigenvalue weighted by atomic mass is 9.75. The Morgan fingerprint density at radius 2 is 1.96 bits per heavy atom. The average Bonchev–Trinajstić information content (AvgIpc) is 2.70. The number of ether oxygens (including phenoxy) is 2. The minimum Gasteiger partial charge on any atom is -0.474 e. The van der Waals surface area contributed by atoms with Crippen molar-refractivity contribution in [3.63, 3.8) is 0 Å². The summed E-state index contributed by atoms with van der Waals surface area (Å²) >= 11 is 0. The first kappa shape index (κ1) is 20.0. The molecule has 0 amide bonds. The van der Waals surface area contributed by atoms with Crippen molar-refractivity contribution >= 4 is 12.3 Å². The van der Waals surface area contributed by atoms with Crippen LogP contribution in [0, 0.1) is 11.2 Å². The van der Waals surface area contributed by atoms with Gasteiger partial charge in [-0.25, -0.2) is 9.37 Å². The van der Waals surface area contributed by atoms with Crippen LogP contribution in [0.15, 0.2) is 36.5 Å². The number of carbonyl (C=O) groups is 2. The number of pyridine rings is 1. The summed E-state index contributed by atoms with van der Waals surface area (Å²) in [5.74, 6) is -0.193. The molecule has 1 saturated carbocycles. The van der Waals surface area contributed by atoms with Gasteiger partial charge >= 0.3 is 5.97 Å². The minimum atomic E-state index is -0.556. The molecule has 0 N–H and O–H groups in total. The van der Waals surface area contributed by atoms with E-state index in [1.807, 2.05) is 19.9 Å². The van der Waals surface area contributed by atoms with Gasteiger partial charge in [-0.3, -0.25) is 9.59 Å². The van der Waals surface area contributed by atoms with Crippen LogP contribution in [0.5, 0.6) is 5.88 Å². The Labute approximate surface area is 163 Å². The maximum absolute atomic E-state index is 13.8. The van der Waals surface area contributed by atoms with E-state index in [0.717, 1.165) is 31.2 Å². The molecule has 3 rings (SSSR count). The normalized spacial score (nSPS) is 21.8. The van der Waals surface area contributed by atoms with Crippen molar-refractivity contribution in [1.82, 2.24) is 4.98 Å². The van der Waals surface area contributed by atoms with Crippen LogP contribution in [0.4, 0.5) is 4.39 Å². The number of hydrogen-bond donors (Lipinski definition) is 0. The van der Waals surface area contributed by atoms with Crippen molar-refractivity contribution in [2.45, 2.75) is 45.6 Å². The number of aldehydes is 1. The molecule has 1 aromatic carbocycles. The second-order valence-electron chi connectivity index (χ2n) is 7.34. The summed E-state index contributed by atoms with van der Waals surface area (Å²) in [6.45, 7) is 4.16. The van der Waals surface area contributed by atoms with Gasteiger partial charge in [0.15, 0.2) is 6.29 Å². The van der Waals surface area contributed by atoms with Crippen molar-refractivity contribution in [3.05, 3.63) is 47.9 Å². The van der Waals surface area contributed by atoms with E-state index in [2.05, 4.69) is 4.98 Å². The number of aromatic nitrogens is 1. The van der Waals surface area contributed by atoms with E-state index in [9.17, 15) is 14.0 Å². The summed E-state index contributed by atoms with van der Waals surface area (Å²) < 4.78 is 24.9. The molecule has 0 spiro atoms. The molecule has 0 atom stereocenters. The van der Waals surface area contributed by atoms with Crippen LogP contribution in [0.25, 0.3) is 11.1 Å². The molecule has 5 nitrogen and oxygen atoms in total. The quantitative estimate of drug-likeness (QED) is 0.537. The molecular formula is C22H24FNO4. The van der Waals surface area contributed by atoms with E-state index in [4.69, 9.17) is 9.47 Å². The Morgan fingerprint density at radius 3 is 2.54 bits per heavy atom. The lowest BCUT2D eigenvalue weighted by Crippen LogP contribution is -2.37. The molecule has 0 unspecified atom stereocenters. The average molecular weight is 385 g/mol. The molecule has 0 saturated heterocycles. The summed E-state index contributed by atoms with van der Waals surface area (Å²) in [5.41, 5.74) is 0.973. The topological polar surface area (TPSA) is 65.5 Å². The summed E-state index contributed by atoms with van der Waals surface area (Å²) in [7, 11) is 0. The Hall–Kier alpha value is -2.76. The third kappa shape index (κ3) is 4.38. The zero-order valence-electron chi connectivity index (χ0n) is 16.1. The maximum Gasteiger partial charge on any atom is 0.311 e. The Balaban J connectivity index is 1.60. The predicted molar refractivity (Wildman–Crippen MR) is 103 cm³/mol. The van der Waals surface area contributed by atoms with Crippen molar-refractivity contribution in [2.75, 3.05) is 6.61 Å². The standard InChI is InChI=1S/C22H24FNO4/c1-3-27-21(26)22(2)10-8-18(9-11-22)28-20-7-6-16(13-24-20)15-4-5-17(14-25)19(23)12-15/h4-7,12-14,18H,3,8-11H2,1-2H3. The number of carbonyl (C=O) groups excluding carboxylic acids is 2. The molecule has 0 bridgehead atoms. The molecule has 28 heavy (non-hydrogen) atoms. The Kier molecular flexibility index (Phi) is 6.07. The number of esters is 1. The van der Waals surface area contributed by atoms with Crippen molar-refractivity contribution in [2.24, 2.45) is 5.41 Å². The fourth-order valence-electron chi connectivity index (χ4n) is 3.45. The fourth-order valence-corrected chi connectivity index (χ4v) is 3.45.